The van der Waals surface area contributed by atoms with Crippen molar-refractivity contribution in [3.05, 3.63) is 74.5 Å². The normalized spacial score (nSPS) is 13.6. The van der Waals surface area contributed by atoms with Crippen molar-refractivity contribution in [3.63, 3.8) is 0 Å². The molecular formula is C21H19N3O5. The van der Waals surface area contributed by atoms with Gasteiger partial charge in [-0.3, -0.25) is 19.2 Å². The van der Waals surface area contributed by atoms with Gasteiger partial charge in [-0.25, -0.2) is 0 Å². The van der Waals surface area contributed by atoms with Crippen LogP contribution in [0, 0.1) is 0 Å². The number of hydrogen-bond donors (Lipinski definition) is 1. The molecule has 0 saturated carbocycles. The van der Waals surface area contributed by atoms with Gasteiger partial charge >= 0.3 is 0 Å². The minimum absolute atomic E-state index is 0.0571. The Kier molecular flexibility index (Phi) is 4.75. The van der Waals surface area contributed by atoms with Crippen molar-refractivity contribution in [1.82, 2.24) is 9.47 Å². The molecule has 1 saturated heterocycles. The van der Waals surface area contributed by atoms with E-state index in [2.05, 4.69) is 5.32 Å². The number of carbonyl (C=O) groups excluding carboxylic acids is 2. The molecule has 3 heterocycles. The number of carbonyl (C=O) groups is 2. The summed E-state index contributed by atoms with van der Waals surface area (Å²) in [5.41, 5.74) is -0.305. The second-order valence-corrected chi connectivity index (χ2v) is 6.98. The second kappa shape index (κ2) is 7.38. The summed E-state index contributed by atoms with van der Waals surface area (Å²) in [6, 6.07) is 9.02. The number of hydrogen-bond acceptors (Lipinski definition) is 5. The predicted octanol–water partition coefficient (Wildman–Crippen LogP) is 1.98. The average molecular weight is 393 g/mol. The Hall–Kier alpha value is -3.68. The fourth-order valence-corrected chi connectivity index (χ4v) is 3.42. The van der Waals surface area contributed by atoms with E-state index in [4.69, 9.17) is 4.42 Å². The summed E-state index contributed by atoms with van der Waals surface area (Å²) in [6.07, 6.45) is 3.35. The van der Waals surface area contributed by atoms with Crippen molar-refractivity contribution in [2.75, 3.05) is 18.4 Å². The first kappa shape index (κ1) is 18.7. The zero-order chi connectivity index (χ0) is 20.5. The van der Waals surface area contributed by atoms with Crippen LogP contribution in [0.5, 0.6) is 0 Å². The Balaban J connectivity index is 1.67. The van der Waals surface area contributed by atoms with Crippen LogP contribution in [-0.2, 0) is 7.05 Å². The van der Waals surface area contributed by atoms with Gasteiger partial charge in [0.15, 0.2) is 11.2 Å². The van der Waals surface area contributed by atoms with Crippen LogP contribution in [0.25, 0.3) is 11.0 Å². The van der Waals surface area contributed by atoms with Gasteiger partial charge in [0.05, 0.1) is 10.9 Å². The largest absolute Gasteiger partial charge is 0.451 e. The van der Waals surface area contributed by atoms with Crippen molar-refractivity contribution in [1.29, 1.82) is 0 Å². The van der Waals surface area contributed by atoms with Gasteiger partial charge in [-0.2, -0.15) is 0 Å². The van der Waals surface area contributed by atoms with E-state index in [1.165, 1.54) is 23.9 Å². The van der Waals surface area contributed by atoms with Gasteiger partial charge in [0.2, 0.25) is 0 Å². The monoisotopic (exact) mass is 393 g/mol. The molecule has 8 heteroatoms. The van der Waals surface area contributed by atoms with Crippen LogP contribution in [0.3, 0.4) is 0 Å². The maximum absolute atomic E-state index is 12.6. The van der Waals surface area contributed by atoms with Gasteiger partial charge < -0.3 is 19.2 Å². The van der Waals surface area contributed by atoms with E-state index in [1.54, 1.807) is 29.2 Å². The van der Waals surface area contributed by atoms with Gasteiger partial charge in [0.1, 0.15) is 11.3 Å². The lowest BCUT2D eigenvalue weighted by molar-refractivity contribution is 0.0791. The van der Waals surface area contributed by atoms with Crippen LogP contribution in [-0.4, -0.2) is 34.4 Å². The highest BCUT2D eigenvalue weighted by molar-refractivity contribution is 6.03. The molecule has 8 nitrogen and oxygen atoms in total. The van der Waals surface area contributed by atoms with E-state index >= 15 is 0 Å². The molecule has 148 valence electrons. The minimum Gasteiger partial charge on any atom is -0.451 e. The highest BCUT2D eigenvalue weighted by atomic mass is 16.3. The molecule has 2 aromatic heterocycles. The molecule has 4 rings (SSSR count). The molecule has 3 aromatic rings. The number of para-hydroxylation sites is 1. The lowest BCUT2D eigenvalue weighted by Gasteiger charge is -2.16. The van der Waals surface area contributed by atoms with E-state index in [9.17, 15) is 19.2 Å². The number of aromatic nitrogens is 1. The molecule has 2 amide bonds. The number of anilines is 1. The first-order valence-electron chi connectivity index (χ1n) is 9.28. The maximum atomic E-state index is 12.6. The lowest BCUT2D eigenvalue weighted by Crippen LogP contribution is -2.31. The van der Waals surface area contributed by atoms with Gasteiger partial charge in [0.25, 0.3) is 17.4 Å². The molecule has 1 aliphatic heterocycles. The van der Waals surface area contributed by atoms with Gasteiger partial charge in [-0.15, -0.1) is 0 Å². The van der Waals surface area contributed by atoms with Crippen LogP contribution in [0.4, 0.5) is 5.69 Å². The molecule has 0 radical (unpaired) electrons. The minimum atomic E-state index is -0.740. The molecule has 1 N–H and O–H groups in total. The molecule has 0 spiro atoms. The molecule has 1 aromatic carbocycles. The van der Waals surface area contributed by atoms with Crippen LogP contribution < -0.4 is 16.3 Å². The number of rotatable bonds is 3. The Labute approximate surface area is 165 Å². The summed E-state index contributed by atoms with van der Waals surface area (Å²) >= 11 is 0. The fourth-order valence-electron chi connectivity index (χ4n) is 3.42. The number of nitrogens with one attached hydrogen (secondary N) is 1. The zero-order valence-corrected chi connectivity index (χ0v) is 15.8. The molecule has 0 atom stereocenters. The van der Waals surface area contributed by atoms with Crippen molar-refractivity contribution in [2.45, 2.75) is 12.8 Å². The van der Waals surface area contributed by atoms with Crippen LogP contribution in [0.2, 0.25) is 0 Å². The molecule has 1 aliphatic rings. The number of pyridine rings is 1. The molecule has 0 bridgehead atoms. The first-order valence-corrected chi connectivity index (χ1v) is 9.28. The highest BCUT2D eigenvalue weighted by Crippen LogP contribution is 2.16. The lowest BCUT2D eigenvalue weighted by atomic mass is 10.2. The Morgan fingerprint density at radius 3 is 2.55 bits per heavy atom. The number of benzene rings is 1. The standard InChI is InChI=1S/C21H19N3O5/c1-23-12-13(20(27)24-8-4-5-9-24)10-15(21(23)28)22-19(26)18-11-16(25)14-6-2-3-7-17(14)29-18/h2-3,6-7,10-12H,4-5,8-9H2,1H3,(H,22,26). The van der Waals surface area contributed by atoms with E-state index in [1.807, 2.05) is 0 Å². The third kappa shape index (κ3) is 3.56. The Bertz CT molecular complexity index is 1240. The number of nitrogens with zero attached hydrogens (tertiary/aromatic N) is 2. The SMILES string of the molecule is Cn1cc(C(=O)N2CCCC2)cc(NC(=O)c2cc(=O)c3ccccc3o2)c1=O. The number of amides is 2. The van der Waals surface area contributed by atoms with E-state index in [0.717, 1.165) is 18.9 Å². The third-order valence-corrected chi connectivity index (χ3v) is 4.93. The van der Waals surface area contributed by atoms with E-state index in [-0.39, 0.29) is 28.4 Å². The molecule has 1 fully saturated rings. The first-order chi connectivity index (χ1) is 13.9. The molecule has 0 aliphatic carbocycles. The van der Waals surface area contributed by atoms with Crippen molar-refractivity contribution in [3.8, 4) is 0 Å². The summed E-state index contributed by atoms with van der Waals surface area (Å²) in [4.78, 5) is 51.6. The van der Waals surface area contributed by atoms with Crippen LogP contribution in [0.15, 0.2) is 56.6 Å². The zero-order valence-electron chi connectivity index (χ0n) is 15.8. The summed E-state index contributed by atoms with van der Waals surface area (Å²) < 4.78 is 6.76. The average Bonchev–Trinajstić information content (AvgIpc) is 3.25. The number of fused-ring (bicyclic) bond motifs is 1. The van der Waals surface area contributed by atoms with Crippen LogP contribution in [0.1, 0.15) is 33.8 Å². The third-order valence-electron chi connectivity index (χ3n) is 4.93. The van der Waals surface area contributed by atoms with E-state index < -0.39 is 11.5 Å². The van der Waals surface area contributed by atoms with Crippen molar-refractivity contribution < 1.29 is 14.0 Å². The predicted molar refractivity (Wildman–Crippen MR) is 107 cm³/mol. The highest BCUT2D eigenvalue weighted by Gasteiger charge is 2.22. The summed E-state index contributed by atoms with van der Waals surface area (Å²) in [7, 11) is 1.51. The van der Waals surface area contributed by atoms with Gasteiger partial charge in [0, 0.05) is 32.4 Å². The Morgan fingerprint density at radius 1 is 1.07 bits per heavy atom. The topological polar surface area (TPSA) is 102 Å². The van der Waals surface area contributed by atoms with E-state index in [0.29, 0.717) is 24.0 Å². The number of aryl methyl sites for hydroxylation is 1. The van der Waals surface area contributed by atoms with Gasteiger partial charge in [-0.1, -0.05) is 12.1 Å². The second-order valence-electron chi connectivity index (χ2n) is 6.98. The van der Waals surface area contributed by atoms with Gasteiger partial charge in [-0.05, 0) is 31.0 Å². The quantitative estimate of drug-likeness (QED) is 0.733. The summed E-state index contributed by atoms with van der Waals surface area (Å²) in [5, 5.41) is 2.83. The smallest absolute Gasteiger partial charge is 0.291 e. The number of likely N-dealkylation sites (tertiary alicyclic amines) is 1. The molecule has 0 unspecified atom stereocenters. The van der Waals surface area contributed by atoms with Crippen molar-refractivity contribution >= 4 is 28.5 Å². The van der Waals surface area contributed by atoms with Crippen LogP contribution >= 0.6 is 0 Å². The molecule has 29 heavy (non-hydrogen) atoms. The fraction of sp³-hybridized carbons (Fsp3) is 0.238. The summed E-state index contributed by atoms with van der Waals surface area (Å²) in [6.45, 7) is 1.34. The Morgan fingerprint density at radius 2 is 1.79 bits per heavy atom. The maximum Gasteiger partial charge on any atom is 0.291 e. The van der Waals surface area contributed by atoms with Crippen molar-refractivity contribution in [2.24, 2.45) is 7.05 Å². The molecular weight excluding hydrogens is 374 g/mol. The summed E-state index contributed by atoms with van der Waals surface area (Å²) in [5.74, 6) is -1.14.